The van der Waals surface area contributed by atoms with Gasteiger partial charge < -0.3 is 5.11 Å². The van der Waals surface area contributed by atoms with E-state index in [1.54, 1.807) is 6.07 Å². The van der Waals surface area contributed by atoms with Gasteiger partial charge in [0, 0.05) is 33.9 Å². The number of benzene rings is 1. The average Bonchev–Trinajstić information content (AvgIpc) is 2.16. The van der Waals surface area contributed by atoms with Gasteiger partial charge in [0.1, 0.15) is 0 Å². The normalized spacial score (nSPS) is 12.4. The molecule has 0 aliphatic heterocycles. The van der Waals surface area contributed by atoms with E-state index < -0.39 is 5.97 Å². The number of nitrogens with one attached hydrogen (secondary N) is 1. The smallest absolute Gasteiger partial charge is 0.304 e. The van der Waals surface area contributed by atoms with Crippen LogP contribution in [0.15, 0.2) is 24.3 Å². The summed E-state index contributed by atoms with van der Waals surface area (Å²) in [6.45, 7) is 0. The monoisotopic (exact) mass is 339 g/mol. The van der Waals surface area contributed by atoms with Gasteiger partial charge in [0.05, 0.1) is 6.42 Å². The molecule has 0 heterocycles. The van der Waals surface area contributed by atoms with Crippen molar-refractivity contribution in [2.45, 2.75) is 18.9 Å². The molecule has 1 aromatic carbocycles. The lowest BCUT2D eigenvalue weighted by molar-refractivity contribution is -0.137. The first kappa shape index (κ1) is 12.7. The van der Waals surface area contributed by atoms with Crippen molar-refractivity contribution in [1.82, 2.24) is 3.53 Å². The summed E-state index contributed by atoms with van der Waals surface area (Å²) in [4.78, 5) is 10.6. The molecule has 0 fully saturated rings. The molecule has 0 amide bonds. The number of carbonyl (C=O) groups is 1. The Bertz CT molecular complexity index is 346. The molecular weight excluding hydrogens is 328 g/mol. The largest absolute Gasteiger partial charge is 0.481 e. The van der Waals surface area contributed by atoms with Crippen LogP contribution in [0.2, 0.25) is 5.02 Å². The Morgan fingerprint density at radius 1 is 1.60 bits per heavy atom. The molecule has 0 aliphatic rings. The summed E-state index contributed by atoms with van der Waals surface area (Å²) in [6.07, 6.45) is 0.769. The van der Waals surface area contributed by atoms with E-state index in [1.807, 2.05) is 41.1 Å². The van der Waals surface area contributed by atoms with Crippen molar-refractivity contribution in [3.05, 3.63) is 34.9 Å². The molecule has 0 aliphatic carbocycles. The summed E-state index contributed by atoms with van der Waals surface area (Å²) in [7, 11) is 0. The highest BCUT2D eigenvalue weighted by atomic mass is 127. The van der Waals surface area contributed by atoms with Gasteiger partial charge >= 0.3 is 5.97 Å². The van der Waals surface area contributed by atoms with Gasteiger partial charge in [-0.2, -0.15) is 0 Å². The first-order valence-electron chi connectivity index (χ1n) is 4.44. The molecule has 1 rings (SSSR count). The fraction of sp³-hybridized carbons (Fsp3) is 0.300. The van der Waals surface area contributed by atoms with Gasteiger partial charge in [-0.1, -0.05) is 23.7 Å². The van der Waals surface area contributed by atoms with Crippen LogP contribution in [0.5, 0.6) is 0 Å². The molecule has 3 nitrogen and oxygen atoms in total. The highest BCUT2D eigenvalue weighted by Crippen LogP contribution is 2.13. The Morgan fingerprint density at radius 3 is 2.87 bits per heavy atom. The van der Waals surface area contributed by atoms with Crippen molar-refractivity contribution in [3.8, 4) is 0 Å². The molecule has 0 aromatic heterocycles. The Labute approximate surface area is 107 Å². The van der Waals surface area contributed by atoms with Gasteiger partial charge in [-0.15, -0.1) is 0 Å². The zero-order valence-electron chi connectivity index (χ0n) is 7.91. The van der Waals surface area contributed by atoms with Crippen LogP contribution in [0.1, 0.15) is 12.0 Å². The van der Waals surface area contributed by atoms with Crippen LogP contribution in [0.3, 0.4) is 0 Å². The number of aliphatic carboxylic acids is 1. The third kappa shape index (κ3) is 4.81. The quantitative estimate of drug-likeness (QED) is 0.640. The topological polar surface area (TPSA) is 49.3 Å². The van der Waals surface area contributed by atoms with Crippen LogP contribution >= 0.6 is 34.5 Å². The second kappa shape index (κ2) is 6.30. The van der Waals surface area contributed by atoms with E-state index in [0.717, 1.165) is 5.56 Å². The highest BCUT2D eigenvalue weighted by Gasteiger charge is 2.12. The van der Waals surface area contributed by atoms with E-state index in [9.17, 15) is 4.79 Å². The molecule has 15 heavy (non-hydrogen) atoms. The summed E-state index contributed by atoms with van der Waals surface area (Å²) >= 11 is 7.81. The molecule has 1 atom stereocenters. The van der Waals surface area contributed by atoms with Gasteiger partial charge in [-0.25, -0.2) is 0 Å². The third-order valence-electron chi connectivity index (χ3n) is 1.95. The Balaban J connectivity index is 2.62. The zero-order chi connectivity index (χ0) is 11.3. The number of carboxylic acid groups (broad SMARTS) is 1. The molecule has 5 heteroatoms. The fourth-order valence-electron chi connectivity index (χ4n) is 1.31. The minimum atomic E-state index is -0.800. The average molecular weight is 340 g/mol. The molecule has 1 aromatic rings. The lowest BCUT2D eigenvalue weighted by Gasteiger charge is -2.12. The number of hydrogen-bond donors (Lipinski definition) is 2. The van der Waals surface area contributed by atoms with Crippen LogP contribution in [-0.2, 0) is 11.2 Å². The lowest BCUT2D eigenvalue weighted by Crippen LogP contribution is -2.26. The minimum absolute atomic E-state index is 0.0680. The van der Waals surface area contributed by atoms with E-state index in [2.05, 4.69) is 3.53 Å². The molecule has 1 unspecified atom stereocenters. The lowest BCUT2D eigenvalue weighted by atomic mass is 10.0. The second-order valence-electron chi connectivity index (χ2n) is 3.24. The van der Waals surface area contributed by atoms with Crippen molar-refractivity contribution >= 4 is 40.4 Å². The Kier molecular flexibility index (Phi) is 5.35. The van der Waals surface area contributed by atoms with E-state index in [1.165, 1.54) is 0 Å². The van der Waals surface area contributed by atoms with E-state index in [0.29, 0.717) is 11.4 Å². The Hall–Kier alpha value is -0.330. The number of carboxylic acids is 1. The molecule has 0 saturated heterocycles. The molecule has 0 bridgehead atoms. The maximum absolute atomic E-state index is 10.6. The van der Waals surface area contributed by atoms with Gasteiger partial charge in [0.25, 0.3) is 0 Å². The number of halogens is 2. The first-order chi connectivity index (χ1) is 7.11. The van der Waals surface area contributed by atoms with Crippen LogP contribution in [-0.4, -0.2) is 17.1 Å². The summed E-state index contributed by atoms with van der Waals surface area (Å²) < 4.78 is 2.95. The fourth-order valence-corrected chi connectivity index (χ4v) is 1.96. The predicted molar refractivity (Wildman–Crippen MR) is 68.4 cm³/mol. The van der Waals surface area contributed by atoms with Crippen LogP contribution in [0, 0.1) is 0 Å². The van der Waals surface area contributed by atoms with E-state index >= 15 is 0 Å². The molecule has 0 saturated carbocycles. The van der Waals surface area contributed by atoms with Crippen LogP contribution in [0.25, 0.3) is 0 Å². The van der Waals surface area contributed by atoms with Gasteiger partial charge in [-0.3, -0.25) is 8.32 Å². The molecule has 82 valence electrons. The van der Waals surface area contributed by atoms with E-state index in [-0.39, 0.29) is 12.5 Å². The molecule has 0 spiro atoms. The maximum Gasteiger partial charge on any atom is 0.304 e. The summed E-state index contributed by atoms with van der Waals surface area (Å²) in [5, 5.41) is 9.35. The molecule has 0 radical (unpaired) electrons. The Morgan fingerprint density at radius 2 is 2.33 bits per heavy atom. The summed E-state index contributed by atoms with van der Waals surface area (Å²) in [5.74, 6) is -0.800. The number of hydrogen-bond acceptors (Lipinski definition) is 2. The third-order valence-corrected chi connectivity index (χ3v) is 3.06. The number of rotatable bonds is 5. The maximum atomic E-state index is 10.6. The molecular formula is C10H11ClINO2. The van der Waals surface area contributed by atoms with Gasteiger partial charge in [0.15, 0.2) is 0 Å². The summed E-state index contributed by atoms with van der Waals surface area (Å²) in [5.41, 5.74) is 1.04. The highest BCUT2D eigenvalue weighted by molar-refractivity contribution is 14.1. The van der Waals surface area contributed by atoms with E-state index in [4.69, 9.17) is 16.7 Å². The standard InChI is InChI=1S/C10H11ClINO2/c11-8-3-1-2-7(4-8)5-9(13-12)6-10(14)15/h1-4,9,13H,5-6H2,(H,14,15). The predicted octanol–water partition coefficient (Wildman–Crippen LogP) is 2.67. The SMILES string of the molecule is O=C(O)CC(Cc1cccc(Cl)c1)NI. The van der Waals surface area contributed by atoms with Crippen molar-refractivity contribution in [2.24, 2.45) is 0 Å². The van der Waals surface area contributed by atoms with Gasteiger partial charge in [0.2, 0.25) is 0 Å². The second-order valence-corrected chi connectivity index (χ2v) is 4.30. The molecule has 2 N–H and O–H groups in total. The van der Waals surface area contributed by atoms with Crippen molar-refractivity contribution in [2.75, 3.05) is 0 Å². The van der Waals surface area contributed by atoms with Crippen LogP contribution in [0.4, 0.5) is 0 Å². The minimum Gasteiger partial charge on any atom is -0.481 e. The van der Waals surface area contributed by atoms with Crippen LogP contribution < -0.4 is 3.53 Å². The van der Waals surface area contributed by atoms with Crippen molar-refractivity contribution in [1.29, 1.82) is 0 Å². The van der Waals surface area contributed by atoms with Crippen molar-refractivity contribution < 1.29 is 9.90 Å². The first-order valence-corrected chi connectivity index (χ1v) is 5.90. The summed E-state index contributed by atoms with van der Waals surface area (Å²) in [6, 6.07) is 7.39. The van der Waals surface area contributed by atoms with Crippen molar-refractivity contribution in [3.63, 3.8) is 0 Å². The van der Waals surface area contributed by atoms with Gasteiger partial charge in [-0.05, 0) is 24.1 Å². The zero-order valence-corrected chi connectivity index (χ0v) is 10.8.